The second-order valence-electron chi connectivity index (χ2n) is 6.97. The topological polar surface area (TPSA) is 83.6 Å². The zero-order chi connectivity index (χ0) is 18.7. The Balaban J connectivity index is 1.56. The van der Waals surface area contributed by atoms with Crippen molar-refractivity contribution in [1.29, 1.82) is 0 Å². The van der Waals surface area contributed by atoms with Crippen molar-refractivity contribution in [3.05, 3.63) is 52.4 Å². The maximum Gasteiger partial charge on any atom is 0.335 e. The number of aryl methyl sites for hydroxylation is 2. The highest BCUT2D eigenvalue weighted by atomic mass is 16.5. The van der Waals surface area contributed by atoms with Crippen LogP contribution in [0, 0.1) is 19.8 Å². The lowest BCUT2D eigenvalue weighted by Gasteiger charge is -2.32. The van der Waals surface area contributed by atoms with Crippen LogP contribution in [0.5, 0.6) is 0 Å². The predicted molar refractivity (Wildman–Crippen MR) is 96.1 cm³/mol. The van der Waals surface area contributed by atoms with E-state index < -0.39 is 5.97 Å². The Labute approximate surface area is 152 Å². The van der Waals surface area contributed by atoms with Gasteiger partial charge in [0.2, 0.25) is 5.91 Å². The number of carbonyl (C=O) groups excluding carboxylic acids is 1. The first kappa shape index (κ1) is 18.2. The van der Waals surface area contributed by atoms with Crippen molar-refractivity contribution in [3.63, 3.8) is 0 Å². The fourth-order valence-corrected chi connectivity index (χ4v) is 3.62. The van der Waals surface area contributed by atoms with E-state index in [-0.39, 0.29) is 5.91 Å². The summed E-state index contributed by atoms with van der Waals surface area (Å²) in [6, 6.07) is 7.17. The van der Waals surface area contributed by atoms with Crippen molar-refractivity contribution in [1.82, 2.24) is 10.1 Å². The van der Waals surface area contributed by atoms with E-state index in [1.54, 1.807) is 12.1 Å². The first-order valence-corrected chi connectivity index (χ1v) is 8.96. The molecule has 3 rings (SSSR count). The lowest BCUT2D eigenvalue weighted by molar-refractivity contribution is -0.131. The summed E-state index contributed by atoms with van der Waals surface area (Å²) in [5.74, 6) is 0.325. The predicted octanol–water partition coefficient (Wildman–Crippen LogP) is 3.01. The van der Waals surface area contributed by atoms with Crippen LogP contribution >= 0.6 is 0 Å². The van der Waals surface area contributed by atoms with Gasteiger partial charge in [0.25, 0.3) is 0 Å². The summed E-state index contributed by atoms with van der Waals surface area (Å²) in [6.07, 6.45) is 2.85. The molecule has 0 aliphatic carbocycles. The van der Waals surface area contributed by atoms with Crippen LogP contribution in [0.3, 0.4) is 0 Å². The van der Waals surface area contributed by atoms with Gasteiger partial charge in [-0.15, -0.1) is 0 Å². The van der Waals surface area contributed by atoms with Gasteiger partial charge in [0, 0.05) is 18.7 Å². The third-order valence-electron chi connectivity index (χ3n) is 5.23. The number of carbonyl (C=O) groups is 2. The van der Waals surface area contributed by atoms with Crippen LogP contribution in [-0.2, 0) is 17.6 Å². The number of carboxylic acids is 1. The number of amides is 1. The fourth-order valence-electron chi connectivity index (χ4n) is 3.62. The number of piperidine rings is 1. The smallest absolute Gasteiger partial charge is 0.335 e. The molecule has 6 nitrogen and oxygen atoms in total. The lowest BCUT2D eigenvalue weighted by atomic mass is 9.88. The van der Waals surface area contributed by atoms with Crippen LogP contribution in [0.2, 0.25) is 0 Å². The van der Waals surface area contributed by atoms with Crippen LogP contribution in [0.15, 0.2) is 28.8 Å². The molecule has 0 radical (unpaired) electrons. The van der Waals surface area contributed by atoms with Gasteiger partial charge in [-0.05, 0) is 50.7 Å². The van der Waals surface area contributed by atoms with Crippen molar-refractivity contribution < 1.29 is 19.2 Å². The van der Waals surface area contributed by atoms with Gasteiger partial charge >= 0.3 is 5.97 Å². The first-order valence-electron chi connectivity index (χ1n) is 8.96. The second kappa shape index (κ2) is 7.72. The highest BCUT2D eigenvalue weighted by Gasteiger charge is 2.25. The molecule has 0 unspecified atom stereocenters. The Morgan fingerprint density at radius 2 is 1.92 bits per heavy atom. The van der Waals surface area contributed by atoms with E-state index in [1.807, 2.05) is 30.9 Å². The maximum absolute atomic E-state index is 12.6. The molecule has 1 saturated heterocycles. The molecular formula is C20H24N2O4. The molecule has 138 valence electrons. The third-order valence-corrected chi connectivity index (χ3v) is 5.23. The van der Waals surface area contributed by atoms with Crippen molar-refractivity contribution in [3.8, 4) is 0 Å². The minimum absolute atomic E-state index is 0.101. The molecule has 0 atom stereocenters. The third kappa shape index (κ3) is 3.95. The van der Waals surface area contributed by atoms with E-state index in [0.717, 1.165) is 36.1 Å². The van der Waals surface area contributed by atoms with E-state index in [1.165, 1.54) is 0 Å². The number of likely N-dealkylation sites (tertiary alicyclic amines) is 1. The molecule has 0 bridgehead atoms. The van der Waals surface area contributed by atoms with Crippen LogP contribution in [0.4, 0.5) is 0 Å². The van der Waals surface area contributed by atoms with Crippen molar-refractivity contribution in [2.24, 2.45) is 5.92 Å². The van der Waals surface area contributed by atoms with Gasteiger partial charge in [-0.1, -0.05) is 23.4 Å². The number of nitrogens with zero attached hydrogens (tertiary/aromatic N) is 2. The Morgan fingerprint density at radius 3 is 2.54 bits per heavy atom. The molecule has 2 aromatic rings. The number of carboxylic acid groups (broad SMARTS) is 1. The number of aromatic carboxylic acids is 1. The molecule has 1 aliphatic rings. The maximum atomic E-state index is 12.6. The molecule has 6 heteroatoms. The highest BCUT2D eigenvalue weighted by molar-refractivity contribution is 5.89. The standard InChI is InChI=1S/C20H24N2O4/c1-13-18(14(2)26-21-13)12-19(23)22-9-7-15(8-10-22)11-16-5-3-4-6-17(16)20(24)25/h3-6,15H,7-12H2,1-2H3,(H,24,25). The summed E-state index contributed by atoms with van der Waals surface area (Å²) in [5, 5.41) is 13.2. The van der Waals surface area contributed by atoms with E-state index in [4.69, 9.17) is 4.52 Å². The zero-order valence-electron chi connectivity index (χ0n) is 15.2. The molecule has 1 aromatic heterocycles. The Kier molecular flexibility index (Phi) is 5.40. The summed E-state index contributed by atoms with van der Waals surface area (Å²) in [5.41, 5.74) is 2.91. The van der Waals surface area contributed by atoms with Gasteiger partial charge in [-0.3, -0.25) is 4.79 Å². The Bertz CT molecular complexity index is 784. The van der Waals surface area contributed by atoms with Gasteiger partial charge in [0.05, 0.1) is 17.7 Å². The summed E-state index contributed by atoms with van der Waals surface area (Å²) >= 11 is 0. The van der Waals surface area contributed by atoms with E-state index in [0.29, 0.717) is 36.8 Å². The Morgan fingerprint density at radius 1 is 1.23 bits per heavy atom. The van der Waals surface area contributed by atoms with E-state index >= 15 is 0 Å². The number of aromatic nitrogens is 1. The quantitative estimate of drug-likeness (QED) is 0.890. The molecule has 1 N–H and O–H groups in total. The van der Waals surface area contributed by atoms with Crippen LogP contribution < -0.4 is 0 Å². The molecule has 1 fully saturated rings. The molecule has 1 aromatic carbocycles. The molecule has 1 amide bonds. The van der Waals surface area contributed by atoms with Crippen LogP contribution in [0.25, 0.3) is 0 Å². The Hall–Kier alpha value is -2.63. The van der Waals surface area contributed by atoms with Crippen LogP contribution in [-0.4, -0.2) is 40.1 Å². The monoisotopic (exact) mass is 356 g/mol. The van der Waals surface area contributed by atoms with E-state index in [2.05, 4.69) is 5.16 Å². The van der Waals surface area contributed by atoms with Gasteiger partial charge in [-0.2, -0.15) is 0 Å². The second-order valence-corrected chi connectivity index (χ2v) is 6.97. The largest absolute Gasteiger partial charge is 0.478 e. The number of hydrogen-bond donors (Lipinski definition) is 1. The number of rotatable bonds is 5. The summed E-state index contributed by atoms with van der Waals surface area (Å²) in [4.78, 5) is 25.8. The number of hydrogen-bond acceptors (Lipinski definition) is 4. The summed E-state index contributed by atoms with van der Waals surface area (Å²) < 4.78 is 5.13. The SMILES string of the molecule is Cc1noc(C)c1CC(=O)N1CCC(Cc2ccccc2C(=O)O)CC1. The normalized spacial score (nSPS) is 15.2. The summed E-state index contributed by atoms with van der Waals surface area (Å²) in [6.45, 7) is 5.10. The average molecular weight is 356 g/mol. The molecule has 0 saturated carbocycles. The lowest BCUT2D eigenvalue weighted by Crippen LogP contribution is -2.39. The zero-order valence-corrected chi connectivity index (χ0v) is 15.2. The first-order chi connectivity index (χ1) is 12.5. The fraction of sp³-hybridized carbons (Fsp3) is 0.450. The minimum Gasteiger partial charge on any atom is -0.478 e. The van der Waals surface area contributed by atoms with E-state index in [9.17, 15) is 14.7 Å². The van der Waals surface area contributed by atoms with Crippen LogP contribution in [0.1, 0.15) is 45.8 Å². The minimum atomic E-state index is -0.882. The molecule has 1 aliphatic heterocycles. The molecular weight excluding hydrogens is 332 g/mol. The van der Waals surface area contributed by atoms with Gasteiger partial charge < -0.3 is 14.5 Å². The average Bonchev–Trinajstić information content (AvgIpc) is 2.94. The number of benzene rings is 1. The highest BCUT2D eigenvalue weighted by Crippen LogP contribution is 2.24. The van der Waals surface area contributed by atoms with Gasteiger partial charge in [0.15, 0.2) is 0 Å². The van der Waals surface area contributed by atoms with Crippen molar-refractivity contribution >= 4 is 11.9 Å². The molecule has 26 heavy (non-hydrogen) atoms. The van der Waals surface area contributed by atoms with Gasteiger partial charge in [-0.25, -0.2) is 4.79 Å². The van der Waals surface area contributed by atoms with Crippen molar-refractivity contribution in [2.45, 2.75) is 39.5 Å². The van der Waals surface area contributed by atoms with Gasteiger partial charge in [0.1, 0.15) is 5.76 Å². The summed E-state index contributed by atoms with van der Waals surface area (Å²) in [7, 11) is 0. The molecule has 2 heterocycles. The molecule has 0 spiro atoms. The van der Waals surface area contributed by atoms with Crippen molar-refractivity contribution in [2.75, 3.05) is 13.1 Å².